The maximum absolute atomic E-state index is 5.82. The summed E-state index contributed by atoms with van der Waals surface area (Å²) in [5.74, 6) is 1.28. The van der Waals surface area contributed by atoms with E-state index >= 15 is 0 Å². The Morgan fingerprint density at radius 3 is 2.47 bits per heavy atom. The van der Waals surface area contributed by atoms with Crippen LogP contribution in [0.5, 0.6) is 0 Å². The van der Waals surface area contributed by atoms with Crippen LogP contribution in [-0.4, -0.2) is 23.7 Å². The van der Waals surface area contributed by atoms with Gasteiger partial charge in [0.25, 0.3) is 0 Å². The van der Waals surface area contributed by atoms with Crippen molar-refractivity contribution in [3.8, 4) is 0 Å². The van der Waals surface area contributed by atoms with Gasteiger partial charge in [-0.05, 0) is 30.6 Å². The zero-order valence-corrected chi connectivity index (χ0v) is 11.6. The first-order valence-corrected chi connectivity index (χ1v) is 7.00. The molecule has 1 aromatic heterocycles. The Morgan fingerprint density at radius 1 is 1.40 bits per heavy atom. The molecule has 1 atom stereocenters. The summed E-state index contributed by atoms with van der Waals surface area (Å²) in [7, 11) is 2.11. The number of anilines is 2. The fraction of sp³-hybridized carbons (Fsp3) is 0.700. The lowest BCUT2D eigenvalue weighted by Gasteiger charge is -2.28. The van der Waals surface area contributed by atoms with E-state index in [1.165, 1.54) is 16.5 Å². The number of thioether (sulfide) groups is 1. The van der Waals surface area contributed by atoms with E-state index in [1.807, 2.05) is 6.26 Å². The van der Waals surface area contributed by atoms with Gasteiger partial charge >= 0.3 is 0 Å². The Morgan fingerprint density at radius 2 is 2.00 bits per heavy atom. The molecule has 5 heteroatoms. The summed E-state index contributed by atoms with van der Waals surface area (Å²) in [4.78, 5) is 3.37. The quantitative estimate of drug-likeness (QED) is 0.828. The van der Waals surface area contributed by atoms with Gasteiger partial charge in [0.1, 0.15) is 5.00 Å². The highest BCUT2D eigenvalue weighted by Gasteiger charge is 2.20. The normalized spacial score (nSPS) is 13.2. The zero-order chi connectivity index (χ0) is 11.6. The number of nitrogen functional groups attached to an aromatic ring is 1. The third kappa shape index (κ3) is 2.58. The van der Waals surface area contributed by atoms with Crippen LogP contribution in [0.2, 0.25) is 0 Å². The van der Waals surface area contributed by atoms with Crippen LogP contribution in [0.25, 0.3) is 0 Å². The van der Waals surface area contributed by atoms with Crippen LogP contribution in [0.15, 0.2) is 4.90 Å². The molecule has 0 spiro atoms. The van der Waals surface area contributed by atoms with Gasteiger partial charge in [0.2, 0.25) is 0 Å². The molecule has 0 amide bonds. The molecule has 0 radical (unpaired) electrons. The van der Waals surface area contributed by atoms with Crippen molar-refractivity contribution in [2.24, 2.45) is 5.92 Å². The fourth-order valence-corrected chi connectivity index (χ4v) is 3.09. The monoisotopic (exact) mass is 245 g/mol. The molecule has 0 saturated carbocycles. The summed E-state index contributed by atoms with van der Waals surface area (Å²) in [6.45, 7) is 6.68. The van der Waals surface area contributed by atoms with Gasteiger partial charge < -0.3 is 10.6 Å². The fourth-order valence-electron chi connectivity index (χ4n) is 1.33. The second-order valence-electron chi connectivity index (χ2n) is 4.00. The van der Waals surface area contributed by atoms with E-state index in [-0.39, 0.29) is 0 Å². The number of aromatic nitrogens is 1. The molecule has 0 bridgehead atoms. The lowest BCUT2D eigenvalue weighted by molar-refractivity contribution is 0.506. The first-order valence-electron chi connectivity index (χ1n) is 5.01. The molecule has 15 heavy (non-hydrogen) atoms. The highest BCUT2D eigenvalue weighted by molar-refractivity contribution is 7.99. The lowest BCUT2D eigenvalue weighted by atomic mass is 10.1. The summed E-state index contributed by atoms with van der Waals surface area (Å²) < 4.78 is 4.21. The van der Waals surface area contributed by atoms with Gasteiger partial charge in [-0.25, -0.2) is 0 Å². The molecule has 0 aliphatic carbocycles. The van der Waals surface area contributed by atoms with E-state index in [1.54, 1.807) is 11.8 Å². The van der Waals surface area contributed by atoms with Crippen LogP contribution < -0.4 is 10.6 Å². The molecule has 86 valence electrons. The number of rotatable bonds is 4. The number of nitrogens with zero attached hydrogens (tertiary/aromatic N) is 2. The van der Waals surface area contributed by atoms with Gasteiger partial charge in [-0.2, -0.15) is 4.37 Å². The molecule has 3 nitrogen and oxygen atoms in total. The van der Waals surface area contributed by atoms with E-state index in [4.69, 9.17) is 5.73 Å². The molecule has 0 aliphatic rings. The topological polar surface area (TPSA) is 42.1 Å². The van der Waals surface area contributed by atoms with E-state index in [0.29, 0.717) is 17.8 Å². The predicted octanol–water partition coefficient (Wildman–Crippen LogP) is 2.93. The summed E-state index contributed by atoms with van der Waals surface area (Å²) >= 11 is 3.15. The second kappa shape index (κ2) is 5.07. The minimum absolute atomic E-state index is 0.496. The average molecular weight is 245 g/mol. The Kier molecular flexibility index (Phi) is 4.28. The molecule has 0 fully saturated rings. The maximum atomic E-state index is 5.82. The zero-order valence-electron chi connectivity index (χ0n) is 9.94. The smallest absolute Gasteiger partial charge is 0.153 e. The summed E-state index contributed by atoms with van der Waals surface area (Å²) in [6, 6.07) is 0.496. The second-order valence-corrected chi connectivity index (χ2v) is 5.57. The third-order valence-corrected chi connectivity index (χ3v) is 4.65. The van der Waals surface area contributed by atoms with Crippen LogP contribution >= 0.6 is 23.3 Å². The summed E-state index contributed by atoms with van der Waals surface area (Å²) in [5, 5.41) is 1.18. The number of hydrogen-bond acceptors (Lipinski definition) is 5. The SMILES string of the molecule is CSc1c(N)nsc1N(C)C(C)C(C)C. The van der Waals surface area contributed by atoms with Crippen molar-refractivity contribution in [2.75, 3.05) is 23.9 Å². The van der Waals surface area contributed by atoms with Crippen molar-refractivity contribution >= 4 is 34.1 Å². The van der Waals surface area contributed by atoms with Crippen molar-refractivity contribution in [3.63, 3.8) is 0 Å². The highest BCUT2D eigenvalue weighted by atomic mass is 32.2. The standard InChI is InChI=1S/C10H19N3S2/c1-6(2)7(3)13(4)10-8(14-5)9(11)12-15-10/h6-7H,1-5H3,(H2,11,12). The van der Waals surface area contributed by atoms with Gasteiger partial charge in [0, 0.05) is 13.1 Å². The minimum atomic E-state index is 0.496. The van der Waals surface area contributed by atoms with Crippen molar-refractivity contribution in [1.82, 2.24) is 4.37 Å². The Labute approximate surface area is 100 Å². The average Bonchev–Trinajstić information content (AvgIpc) is 2.57. The first kappa shape index (κ1) is 12.6. The van der Waals surface area contributed by atoms with Crippen LogP contribution in [-0.2, 0) is 0 Å². The molecule has 1 rings (SSSR count). The van der Waals surface area contributed by atoms with Gasteiger partial charge in [-0.3, -0.25) is 0 Å². The molecular formula is C10H19N3S2. The van der Waals surface area contributed by atoms with Crippen molar-refractivity contribution < 1.29 is 0 Å². The number of nitrogens with two attached hydrogens (primary N) is 1. The van der Waals surface area contributed by atoms with E-state index < -0.39 is 0 Å². The van der Waals surface area contributed by atoms with Crippen molar-refractivity contribution in [3.05, 3.63) is 0 Å². The van der Waals surface area contributed by atoms with E-state index in [0.717, 1.165) is 4.90 Å². The minimum Gasteiger partial charge on any atom is -0.382 e. The first-order chi connectivity index (χ1) is 6.99. The molecule has 1 heterocycles. The Balaban J connectivity index is 2.95. The van der Waals surface area contributed by atoms with Gasteiger partial charge in [-0.15, -0.1) is 11.8 Å². The molecule has 0 saturated heterocycles. The van der Waals surface area contributed by atoms with Crippen molar-refractivity contribution in [2.45, 2.75) is 31.7 Å². The lowest BCUT2D eigenvalue weighted by Crippen LogP contribution is -2.32. The van der Waals surface area contributed by atoms with Crippen LogP contribution in [0.1, 0.15) is 20.8 Å². The van der Waals surface area contributed by atoms with Crippen molar-refractivity contribution in [1.29, 1.82) is 0 Å². The molecule has 2 N–H and O–H groups in total. The van der Waals surface area contributed by atoms with Crippen LogP contribution in [0.4, 0.5) is 10.8 Å². The largest absolute Gasteiger partial charge is 0.382 e. The predicted molar refractivity (Wildman–Crippen MR) is 71.0 cm³/mol. The van der Waals surface area contributed by atoms with Crippen LogP contribution in [0.3, 0.4) is 0 Å². The molecule has 0 aromatic carbocycles. The Hall–Kier alpha value is -0.420. The van der Waals surface area contributed by atoms with E-state index in [9.17, 15) is 0 Å². The number of hydrogen-bond donors (Lipinski definition) is 1. The summed E-state index contributed by atoms with van der Waals surface area (Å²) in [6.07, 6.45) is 2.04. The van der Waals surface area contributed by atoms with Gasteiger partial charge in [0.05, 0.1) is 4.90 Å². The molecule has 1 unspecified atom stereocenters. The van der Waals surface area contributed by atoms with Gasteiger partial charge in [0.15, 0.2) is 5.82 Å². The highest BCUT2D eigenvalue weighted by Crippen LogP contribution is 2.38. The molecular weight excluding hydrogens is 226 g/mol. The third-order valence-electron chi connectivity index (χ3n) is 2.76. The van der Waals surface area contributed by atoms with E-state index in [2.05, 4.69) is 37.1 Å². The van der Waals surface area contributed by atoms with Crippen LogP contribution in [0, 0.1) is 5.92 Å². The summed E-state index contributed by atoms with van der Waals surface area (Å²) in [5.41, 5.74) is 5.82. The molecule has 1 aromatic rings. The Bertz CT molecular complexity index is 322. The maximum Gasteiger partial charge on any atom is 0.153 e. The molecule has 0 aliphatic heterocycles. The van der Waals surface area contributed by atoms with Gasteiger partial charge in [-0.1, -0.05) is 13.8 Å².